The van der Waals surface area contributed by atoms with E-state index in [0.29, 0.717) is 12.1 Å². The smallest absolute Gasteiger partial charge is 0.0594 e. The minimum atomic E-state index is 0.350. The Morgan fingerprint density at radius 3 is 2.50 bits per heavy atom. The first-order chi connectivity index (χ1) is 5.66. The zero-order chi connectivity index (χ0) is 9.40. The van der Waals surface area contributed by atoms with Crippen LogP contribution in [0.5, 0.6) is 0 Å². The molecular formula is C9H21NOS. The first kappa shape index (κ1) is 12.3. The van der Waals surface area contributed by atoms with Gasteiger partial charge in [-0.1, -0.05) is 0 Å². The molecule has 0 rings (SSSR count). The minimum Gasteiger partial charge on any atom is -0.377 e. The van der Waals surface area contributed by atoms with Gasteiger partial charge in [-0.3, -0.25) is 0 Å². The lowest BCUT2D eigenvalue weighted by atomic mass is 10.4. The maximum absolute atomic E-state index is 5.40. The topological polar surface area (TPSA) is 21.3 Å². The molecule has 0 radical (unpaired) electrons. The molecule has 0 aliphatic carbocycles. The van der Waals surface area contributed by atoms with E-state index in [2.05, 4.69) is 32.3 Å². The zero-order valence-corrected chi connectivity index (χ0v) is 9.41. The van der Waals surface area contributed by atoms with E-state index >= 15 is 0 Å². The van der Waals surface area contributed by atoms with Crippen LogP contribution < -0.4 is 5.32 Å². The molecular weight excluding hydrogens is 170 g/mol. The summed E-state index contributed by atoms with van der Waals surface area (Å²) in [4.78, 5) is 0. The molecule has 0 aliphatic heterocycles. The van der Waals surface area contributed by atoms with Crippen molar-refractivity contribution in [2.45, 2.75) is 32.9 Å². The van der Waals surface area contributed by atoms with Gasteiger partial charge in [0.05, 0.1) is 12.7 Å². The van der Waals surface area contributed by atoms with Crippen molar-refractivity contribution < 1.29 is 4.74 Å². The van der Waals surface area contributed by atoms with Gasteiger partial charge < -0.3 is 10.1 Å². The van der Waals surface area contributed by atoms with E-state index in [1.165, 1.54) is 5.75 Å². The van der Waals surface area contributed by atoms with Crippen molar-refractivity contribution in [2.24, 2.45) is 0 Å². The van der Waals surface area contributed by atoms with Gasteiger partial charge in [-0.05, 0) is 27.0 Å². The third-order valence-corrected chi connectivity index (χ3v) is 2.30. The minimum absolute atomic E-state index is 0.350. The molecule has 3 heteroatoms. The number of nitrogens with one attached hydrogen (secondary N) is 1. The average molecular weight is 191 g/mol. The molecule has 12 heavy (non-hydrogen) atoms. The van der Waals surface area contributed by atoms with Crippen molar-refractivity contribution in [3.8, 4) is 0 Å². The fourth-order valence-electron chi connectivity index (χ4n) is 0.909. The highest BCUT2D eigenvalue weighted by atomic mass is 32.2. The average Bonchev–Trinajstić information content (AvgIpc) is 1.98. The Hall–Kier alpha value is 0.270. The van der Waals surface area contributed by atoms with Crippen molar-refractivity contribution in [3.63, 3.8) is 0 Å². The largest absolute Gasteiger partial charge is 0.377 e. The van der Waals surface area contributed by atoms with Crippen LogP contribution in [0.25, 0.3) is 0 Å². The van der Waals surface area contributed by atoms with Gasteiger partial charge in [0, 0.05) is 18.3 Å². The summed E-state index contributed by atoms with van der Waals surface area (Å²) >= 11 is 1.87. The maximum atomic E-state index is 5.40. The number of hydrogen-bond donors (Lipinski definition) is 1. The second-order valence-electron chi connectivity index (χ2n) is 3.23. The summed E-state index contributed by atoms with van der Waals surface area (Å²) in [6.45, 7) is 8.10. The SMILES string of the molecule is CSCC(C)NCCOC(C)C. The molecule has 0 saturated carbocycles. The molecule has 0 bridgehead atoms. The van der Waals surface area contributed by atoms with Crippen molar-refractivity contribution in [3.05, 3.63) is 0 Å². The lowest BCUT2D eigenvalue weighted by molar-refractivity contribution is 0.0799. The van der Waals surface area contributed by atoms with Crippen LogP contribution in [0, 0.1) is 0 Å². The molecule has 0 aromatic rings. The molecule has 0 heterocycles. The highest BCUT2D eigenvalue weighted by Crippen LogP contribution is 1.95. The normalized spacial score (nSPS) is 13.8. The monoisotopic (exact) mass is 191 g/mol. The fraction of sp³-hybridized carbons (Fsp3) is 1.00. The van der Waals surface area contributed by atoms with Crippen LogP contribution in [0.2, 0.25) is 0 Å². The van der Waals surface area contributed by atoms with Gasteiger partial charge >= 0.3 is 0 Å². The van der Waals surface area contributed by atoms with Crippen LogP contribution in [-0.2, 0) is 4.74 Å². The van der Waals surface area contributed by atoms with E-state index in [0.717, 1.165) is 13.2 Å². The predicted octanol–water partition coefficient (Wildman–Crippen LogP) is 1.75. The van der Waals surface area contributed by atoms with Crippen LogP contribution in [0.1, 0.15) is 20.8 Å². The fourth-order valence-corrected chi connectivity index (χ4v) is 1.53. The van der Waals surface area contributed by atoms with Crippen LogP contribution in [-0.4, -0.2) is 37.3 Å². The van der Waals surface area contributed by atoms with E-state index in [-0.39, 0.29) is 0 Å². The summed E-state index contributed by atoms with van der Waals surface area (Å²) < 4.78 is 5.40. The summed E-state index contributed by atoms with van der Waals surface area (Å²) in [5.74, 6) is 1.17. The highest BCUT2D eigenvalue weighted by molar-refractivity contribution is 7.98. The van der Waals surface area contributed by atoms with Crippen LogP contribution in [0.4, 0.5) is 0 Å². The third-order valence-electron chi connectivity index (χ3n) is 1.46. The van der Waals surface area contributed by atoms with Gasteiger partial charge in [0.15, 0.2) is 0 Å². The zero-order valence-electron chi connectivity index (χ0n) is 8.59. The van der Waals surface area contributed by atoms with E-state index in [9.17, 15) is 0 Å². The summed E-state index contributed by atoms with van der Waals surface area (Å²) in [5.41, 5.74) is 0. The molecule has 74 valence electrons. The number of thioether (sulfide) groups is 1. The molecule has 0 aliphatic rings. The van der Waals surface area contributed by atoms with E-state index in [4.69, 9.17) is 4.74 Å². The Morgan fingerprint density at radius 2 is 2.00 bits per heavy atom. The standard InChI is InChI=1S/C9H21NOS/c1-8(2)11-6-5-10-9(3)7-12-4/h8-10H,5-7H2,1-4H3. The van der Waals surface area contributed by atoms with Gasteiger partial charge in [-0.15, -0.1) is 0 Å². The first-order valence-corrected chi connectivity index (χ1v) is 5.90. The molecule has 0 aromatic carbocycles. The van der Waals surface area contributed by atoms with Crippen LogP contribution in [0.15, 0.2) is 0 Å². The van der Waals surface area contributed by atoms with Gasteiger partial charge in [0.1, 0.15) is 0 Å². The number of hydrogen-bond acceptors (Lipinski definition) is 3. The van der Waals surface area contributed by atoms with E-state index in [1.807, 2.05) is 11.8 Å². The second kappa shape index (κ2) is 7.90. The molecule has 0 amide bonds. The molecule has 0 fully saturated rings. The molecule has 0 spiro atoms. The lowest BCUT2D eigenvalue weighted by Crippen LogP contribution is -2.31. The molecule has 1 atom stereocenters. The van der Waals surface area contributed by atoms with Gasteiger partial charge in [-0.2, -0.15) is 11.8 Å². The predicted molar refractivity (Wildman–Crippen MR) is 56.9 cm³/mol. The Morgan fingerprint density at radius 1 is 1.33 bits per heavy atom. The van der Waals surface area contributed by atoms with Gasteiger partial charge in [0.2, 0.25) is 0 Å². The molecule has 2 nitrogen and oxygen atoms in total. The van der Waals surface area contributed by atoms with Crippen LogP contribution >= 0.6 is 11.8 Å². The van der Waals surface area contributed by atoms with Crippen molar-refractivity contribution >= 4 is 11.8 Å². The second-order valence-corrected chi connectivity index (χ2v) is 4.14. The Labute approximate surface area is 80.4 Å². The van der Waals surface area contributed by atoms with Gasteiger partial charge in [-0.25, -0.2) is 0 Å². The summed E-state index contributed by atoms with van der Waals surface area (Å²) in [5, 5.41) is 3.39. The Kier molecular flexibility index (Phi) is 8.07. The maximum Gasteiger partial charge on any atom is 0.0594 e. The molecule has 1 unspecified atom stereocenters. The van der Waals surface area contributed by atoms with E-state index in [1.54, 1.807) is 0 Å². The number of rotatable bonds is 7. The quantitative estimate of drug-likeness (QED) is 0.620. The first-order valence-electron chi connectivity index (χ1n) is 4.50. The molecule has 1 N–H and O–H groups in total. The highest BCUT2D eigenvalue weighted by Gasteiger charge is 1.98. The van der Waals surface area contributed by atoms with Crippen LogP contribution in [0.3, 0.4) is 0 Å². The summed E-state index contributed by atoms with van der Waals surface area (Å²) in [6.07, 6.45) is 2.48. The Balaban J connectivity index is 3.08. The molecule has 0 saturated heterocycles. The third kappa shape index (κ3) is 8.37. The van der Waals surface area contributed by atoms with Crippen molar-refractivity contribution in [2.75, 3.05) is 25.2 Å². The molecule has 0 aromatic heterocycles. The lowest BCUT2D eigenvalue weighted by Gasteiger charge is -2.13. The Bertz CT molecular complexity index is 98.5. The summed E-state index contributed by atoms with van der Waals surface area (Å²) in [7, 11) is 0. The van der Waals surface area contributed by atoms with Crippen molar-refractivity contribution in [1.29, 1.82) is 0 Å². The number of ether oxygens (including phenoxy) is 1. The van der Waals surface area contributed by atoms with Gasteiger partial charge in [0.25, 0.3) is 0 Å². The van der Waals surface area contributed by atoms with E-state index < -0.39 is 0 Å². The van der Waals surface area contributed by atoms with Crippen molar-refractivity contribution in [1.82, 2.24) is 5.32 Å². The summed E-state index contributed by atoms with van der Waals surface area (Å²) in [6, 6.07) is 0.593.